The summed E-state index contributed by atoms with van der Waals surface area (Å²) >= 11 is 0. The zero-order valence-electron chi connectivity index (χ0n) is 11.7. The first-order chi connectivity index (χ1) is 10.7. The highest BCUT2D eigenvalue weighted by Crippen LogP contribution is 2.21. The van der Waals surface area contributed by atoms with E-state index in [-0.39, 0.29) is 0 Å². The normalized spacial score (nSPS) is 14.2. The lowest BCUT2D eigenvalue weighted by Crippen LogP contribution is -2.01. The van der Waals surface area contributed by atoms with E-state index in [1.807, 2.05) is 42.5 Å². The van der Waals surface area contributed by atoms with Crippen molar-refractivity contribution in [2.45, 2.75) is 0 Å². The molecule has 2 heterocycles. The van der Waals surface area contributed by atoms with Gasteiger partial charge >= 0.3 is 0 Å². The number of hydrogen-bond donors (Lipinski definition) is 3. The molecule has 0 radical (unpaired) electrons. The Balaban J connectivity index is 1.68. The van der Waals surface area contributed by atoms with Gasteiger partial charge in [-0.15, -0.1) is 0 Å². The van der Waals surface area contributed by atoms with Crippen molar-refractivity contribution in [3.8, 4) is 0 Å². The number of aromatic nitrogens is 2. The Morgan fingerprint density at radius 3 is 2.55 bits per heavy atom. The summed E-state index contributed by atoms with van der Waals surface area (Å²) in [6.45, 7) is 0.564. The van der Waals surface area contributed by atoms with Crippen molar-refractivity contribution in [1.82, 2.24) is 10.2 Å². The van der Waals surface area contributed by atoms with Gasteiger partial charge in [0, 0.05) is 22.2 Å². The molecular formula is C16H14N6. The fourth-order valence-corrected chi connectivity index (χ4v) is 2.51. The topological polar surface area (TPSA) is 105 Å². The van der Waals surface area contributed by atoms with Gasteiger partial charge in [-0.3, -0.25) is 10.1 Å². The van der Waals surface area contributed by atoms with E-state index in [1.54, 1.807) is 0 Å². The molecule has 1 aromatic heterocycles. The van der Waals surface area contributed by atoms with Gasteiger partial charge < -0.3 is 11.5 Å². The number of aliphatic imine (C=N–C) groups is 2. The van der Waals surface area contributed by atoms with E-state index in [1.165, 1.54) is 0 Å². The van der Waals surface area contributed by atoms with Crippen molar-refractivity contribution in [3.63, 3.8) is 0 Å². The average molecular weight is 290 g/mol. The molecule has 1 aliphatic heterocycles. The number of H-pyrrole nitrogens is 1. The summed E-state index contributed by atoms with van der Waals surface area (Å²) in [5.74, 6) is 1.24. The van der Waals surface area contributed by atoms with Gasteiger partial charge in [0.2, 0.25) is 0 Å². The molecule has 0 unspecified atom stereocenters. The van der Waals surface area contributed by atoms with Gasteiger partial charge in [-0.1, -0.05) is 6.07 Å². The minimum Gasteiger partial charge on any atom is -0.399 e. The van der Waals surface area contributed by atoms with E-state index in [0.717, 1.165) is 39.3 Å². The Morgan fingerprint density at radius 1 is 0.955 bits per heavy atom. The SMILES string of the molecule is Nc1ccc(C2=NCC(c3ccc4c(N)n[nH]c4c3)=N2)cc1. The molecule has 0 aliphatic carbocycles. The molecule has 108 valence electrons. The van der Waals surface area contributed by atoms with Crippen LogP contribution in [-0.4, -0.2) is 28.3 Å². The Bertz CT molecular complexity index is 917. The van der Waals surface area contributed by atoms with Gasteiger partial charge in [-0.2, -0.15) is 5.10 Å². The van der Waals surface area contributed by atoms with Crippen LogP contribution in [0.3, 0.4) is 0 Å². The quantitative estimate of drug-likeness (QED) is 0.628. The van der Waals surface area contributed by atoms with E-state index in [0.29, 0.717) is 12.4 Å². The standard InChI is InChI=1S/C16H14N6/c17-11-4-1-9(2-5-11)16-19-8-14(20-16)10-3-6-12-13(7-10)21-22-15(12)18/h1-7H,8,17H2,(H3,18,21,22). The van der Waals surface area contributed by atoms with Gasteiger partial charge in [0.05, 0.1) is 17.8 Å². The van der Waals surface area contributed by atoms with Crippen LogP contribution in [0.2, 0.25) is 0 Å². The number of rotatable bonds is 2. The second kappa shape index (κ2) is 4.70. The fourth-order valence-electron chi connectivity index (χ4n) is 2.51. The zero-order chi connectivity index (χ0) is 15.1. The summed E-state index contributed by atoms with van der Waals surface area (Å²) in [5, 5.41) is 7.84. The number of hydrogen-bond acceptors (Lipinski definition) is 5. The third-order valence-corrected chi connectivity index (χ3v) is 3.71. The number of nitrogens with two attached hydrogens (primary N) is 2. The minimum atomic E-state index is 0.508. The molecular weight excluding hydrogens is 276 g/mol. The van der Waals surface area contributed by atoms with Crippen LogP contribution in [0.4, 0.5) is 11.5 Å². The maximum absolute atomic E-state index is 5.78. The Hall–Kier alpha value is -3.15. The molecule has 6 heteroatoms. The predicted octanol–water partition coefficient (Wildman–Crippen LogP) is 1.98. The first-order valence-corrected chi connectivity index (χ1v) is 6.92. The molecule has 22 heavy (non-hydrogen) atoms. The lowest BCUT2D eigenvalue weighted by molar-refractivity contribution is 1.13. The van der Waals surface area contributed by atoms with Crippen molar-refractivity contribution in [1.29, 1.82) is 0 Å². The van der Waals surface area contributed by atoms with Gasteiger partial charge in [-0.25, -0.2) is 4.99 Å². The van der Waals surface area contributed by atoms with Crippen LogP contribution in [0, 0.1) is 0 Å². The summed E-state index contributed by atoms with van der Waals surface area (Å²) in [7, 11) is 0. The molecule has 5 N–H and O–H groups in total. The van der Waals surface area contributed by atoms with E-state index >= 15 is 0 Å². The molecule has 6 nitrogen and oxygen atoms in total. The number of anilines is 2. The number of nitrogen functional groups attached to an aromatic ring is 2. The smallest absolute Gasteiger partial charge is 0.155 e. The number of nitrogens with zero attached hydrogens (tertiary/aromatic N) is 3. The highest BCUT2D eigenvalue weighted by atomic mass is 15.1. The fraction of sp³-hybridized carbons (Fsp3) is 0.0625. The molecule has 0 spiro atoms. The van der Waals surface area contributed by atoms with Crippen LogP contribution in [0.1, 0.15) is 11.1 Å². The zero-order valence-corrected chi connectivity index (χ0v) is 11.7. The van der Waals surface area contributed by atoms with Crippen molar-refractivity contribution in [2.75, 3.05) is 18.0 Å². The van der Waals surface area contributed by atoms with Crippen molar-refractivity contribution in [3.05, 3.63) is 53.6 Å². The average Bonchev–Trinajstić information content (AvgIpc) is 3.15. The molecule has 1 aliphatic rings. The van der Waals surface area contributed by atoms with Crippen LogP contribution in [0.25, 0.3) is 10.9 Å². The molecule has 4 rings (SSSR count). The van der Waals surface area contributed by atoms with Gasteiger partial charge in [0.15, 0.2) is 11.7 Å². The van der Waals surface area contributed by atoms with Gasteiger partial charge in [0.25, 0.3) is 0 Å². The summed E-state index contributed by atoms with van der Waals surface area (Å²) in [5.41, 5.74) is 16.0. The second-order valence-corrected chi connectivity index (χ2v) is 5.19. The van der Waals surface area contributed by atoms with Crippen molar-refractivity contribution in [2.24, 2.45) is 9.98 Å². The monoisotopic (exact) mass is 290 g/mol. The molecule has 0 atom stereocenters. The minimum absolute atomic E-state index is 0.508. The van der Waals surface area contributed by atoms with Crippen molar-refractivity contribution >= 4 is 34.0 Å². The van der Waals surface area contributed by atoms with Crippen molar-refractivity contribution < 1.29 is 0 Å². The third kappa shape index (κ3) is 2.01. The number of amidine groups is 1. The molecule has 2 aromatic carbocycles. The Kier molecular flexibility index (Phi) is 2.69. The van der Waals surface area contributed by atoms with Gasteiger partial charge in [-0.05, 0) is 36.4 Å². The third-order valence-electron chi connectivity index (χ3n) is 3.71. The molecule has 0 saturated carbocycles. The highest BCUT2D eigenvalue weighted by Gasteiger charge is 2.15. The lowest BCUT2D eigenvalue weighted by atomic mass is 10.1. The first kappa shape index (κ1) is 12.6. The molecule has 0 bridgehead atoms. The van der Waals surface area contributed by atoms with Gasteiger partial charge in [0.1, 0.15) is 0 Å². The van der Waals surface area contributed by atoms with Crippen LogP contribution in [0.5, 0.6) is 0 Å². The predicted molar refractivity (Wildman–Crippen MR) is 89.3 cm³/mol. The van der Waals surface area contributed by atoms with Crippen LogP contribution >= 0.6 is 0 Å². The highest BCUT2D eigenvalue weighted by molar-refractivity contribution is 6.18. The first-order valence-electron chi connectivity index (χ1n) is 6.92. The van der Waals surface area contributed by atoms with E-state index in [4.69, 9.17) is 11.5 Å². The van der Waals surface area contributed by atoms with Crippen LogP contribution < -0.4 is 11.5 Å². The maximum Gasteiger partial charge on any atom is 0.155 e. The molecule has 0 fully saturated rings. The Morgan fingerprint density at radius 2 is 1.73 bits per heavy atom. The summed E-state index contributed by atoms with van der Waals surface area (Å²) in [4.78, 5) is 9.13. The van der Waals surface area contributed by atoms with Crippen LogP contribution in [0.15, 0.2) is 52.4 Å². The summed E-state index contributed by atoms with van der Waals surface area (Å²) in [6, 6.07) is 13.5. The van der Waals surface area contributed by atoms with E-state index in [2.05, 4.69) is 20.2 Å². The van der Waals surface area contributed by atoms with E-state index in [9.17, 15) is 0 Å². The molecule has 0 saturated heterocycles. The largest absolute Gasteiger partial charge is 0.399 e. The summed E-state index contributed by atoms with van der Waals surface area (Å²) < 4.78 is 0. The van der Waals surface area contributed by atoms with E-state index < -0.39 is 0 Å². The maximum atomic E-state index is 5.78. The number of aromatic amines is 1. The Labute approximate surface area is 126 Å². The number of nitrogens with one attached hydrogen (secondary N) is 1. The lowest BCUT2D eigenvalue weighted by Gasteiger charge is -2.00. The number of fused-ring (bicyclic) bond motifs is 1. The van der Waals surface area contributed by atoms with Crippen LogP contribution in [-0.2, 0) is 0 Å². The molecule has 0 amide bonds. The summed E-state index contributed by atoms with van der Waals surface area (Å²) in [6.07, 6.45) is 0. The number of benzene rings is 2. The molecule has 3 aromatic rings. The second-order valence-electron chi connectivity index (χ2n) is 5.19.